The highest BCUT2D eigenvalue weighted by molar-refractivity contribution is 5.84. The van der Waals surface area contributed by atoms with Gasteiger partial charge >= 0.3 is 0 Å². The van der Waals surface area contributed by atoms with Crippen molar-refractivity contribution in [2.24, 2.45) is 0 Å². The van der Waals surface area contributed by atoms with E-state index in [2.05, 4.69) is 44.5 Å². The van der Waals surface area contributed by atoms with Crippen LogP contribution in [0.15, 0.2) is 10.9 Å². The molecule has 0 unspecified atom stereocenters. The lowest BCUT2D eigenvalue weighted by Crippen LogP contribution is -2.39. The van der Waals surface area contributed by atoms with E-state index in [1.54, 1.807) is 11.5 Å². The van der Waals surface area contributed by atoms with E-state index in [4.69, 9.17) is 28.7 Å². The molecule has 2 aliphatic rings. The van der Waals surface area contributed by atoms with Crippen molar-refractivity contribution in [3.05, 3.63) is 18.0 Å². The SMILES string of the molecule is CCC(CC)Nc1nc(NCCN2CCOCC2)nc2c1ncn2[C@@H]1O[C@H](c2nc(C)no2)[C@@H](OC=O)[C@H]1O. The average Bonchev–Trinajstić information content (AvgIpc) is 3.65. The summed E-state index contributed by atoms with van der Waals surface area (Å²) in [4.78, 5) is 31.8. The van der Waals surface area contributed by atoms with Gasteiger partial charge in [0, 0.05) is 32.2 Å². The predicted octanol–water partition coefficient (Wildman–Crippen LogP) is 1.03. The van der Waals surface area contributed by atoms with Crippen molar-refractivity contribution in [1.29, 1.82) is 0 Å². The summed E-state index contributed by atoms with van der Waals surface area (Å²) in [5.41, 5.74) is 0.977. The third kappa shape index (κ3) is 5.80. The van der Waals surface area contributed by atoms with E-state index >= 15 is 0 Å². The molecular formula is C24H35N9O6. The average molecular weight is 546 g/mol. The van der Waals surface area contributed by atoms with Crippen LogP contribution in [0.2, 0.25) is 0 Å². The highest BCUT2D eigenvalue weighted by Gasteiger charge is 2.50. The number of carbonyl (C=O) groups is 1. The number of hydrogen-bond donors (Lipinski definition) is 3. The van der Waals surface area contributed by atoms with Crippen molar-refractivity contribution in [3.63, 3.8) is 0 Å². The number of imidazole rings is 1. The topological polar surface area (TPSA) is 175 Å². The van der Waals surface area contributed by atoms with Crippen LogP contribution in [0.4, 0.5) is 11.8 Å². The molecule has 0 saturated carbocycles. The molecule has 15 heteroatoms. The van der Waals surface area contributed by atoms with Crippen LogP contribution < -0.4 is 10.6 Å². The number of fused-ring (bicyclic) bond motifs is 1. The molecule has 212 valence electrons. The van der Waals surface area contributed by atoms with Gasteiger partial charge in [0.1, 0.15) is 6.10 Å². The summed E-state index contributed by atoms with van der Waals surface area (Å²) in [7, 11) is 0. The Labute approximate surface area is 225 Å². The quantitative estimate of drug-likeness (QED) is 0.275. The summed E-state index contributed by atoms with van der Waals surface area (Å²) >= 11 is 0. The van der Waals surface area contributed by atoms with Crippen LogP contribution >= 0.6 is 0 Å². The van der Waals surface area contributed by atoms with Gasteiger partial charge in [0.15, 0.2) is 41.2 Å². The number of aliphatic hydroxyl groups excluding tert-OH is 1. The lowest BCUT2D eigenvalue weighted by atomic mass is 10.1. The minimum atomic E-state index is -1.26. The zero-order chi connectivity index (χ0) is 27.4. The number of aromatic nitrogens is 6. The minimum Gasteiger partial charge on any atom is -0.458 e. The summed E-state index contributed by atoms with van der Waals surface area (Å²) in [6.07, 6.45) is -0.945. The van der Waals surface area contributed by atoms with Gasteiger partial charge in [-0.2, -0.15) is 15.0 Å². The normalized spacial score (nSPS) is 23.9. The van der Waals surface area contributed by atoms with Crippen molar-refractivity contribution in [1.82, 2.24) is 34.6 Å². The predicted molar refractivity (Wildman–Crippen MR) is 138 cm³/mol. The van der Waals surface area contributed by atoms with Crippen molar-refractivity contribution in [2.75, 3.05) is 50.0 Å². The van der Waals surface area contributed by atoms with E-state index in [9.17, 15) is 9.90 Å². The van der Waals surface area contributed by atoms with Crippen molar-refractivity contribution < 1.29 is 28.6 Å². The maximum Gasteiger partial charge on any atom is 0.293 e. The zero-order valence-corrected chi connectivity index (χ0v) is 22.3. The number of carbonyl (C=O) groups excluding carboxylic acids is 1. The zero-order valence-electron chi connectivity index (χ0n) is 22.3. The van der Waals surface area contributed by atoms with Crippen molar-refractivity contribution in [3.8, 4) is 0 Å². The highest BCUT2D eigenvalue weighted by atomic mass is 16.6. The Hall–Kier alpha value is -3.40. The molecule has 3 N–H and O–H groups in total. The molecule has 0 aliphatic carbocycles. The molecule has 5 rings (SSSR count). The maximum atomic E-state index is 11.2. The molecule has 2 aliphatic heterocycles. The number of hydrogen-bond acceptors (Lipinski definition) is 14. The lowest BCUT2D eigenvalue weighted by Gasteiger charge is -2.26. The van der Waals surface area contributed by atoms with E-state index in [1.807, 2.05) is 0 Å². The van der Waals surface area contributed by atoms with Gasteiger partial charge in [-0.25, -0.2) is 4.98 Å². The molecule has 3 aromatic heterocycles. The largest absolute Gasteiger partial charge is 0.458 e. The van der Waals surface area contributed by atoms with Gasteiger partial charge in [-0.05, 0) is 19.8 Å². The molecule has 15 nitrogen and oxygen atoms in total. The number of ether oxygens (including phenoxy) is 3. The van der Waals surface area contributed by atoms with Crippen LogP contribution in [0.5, 0.6) is 0 Å². The summed E-state index contributed by atoms with van der Waals surface area (Å²) in [6, 6.07) is 0.193. The Morgan fingerprint density at radius 2 is 2.03 bits per heavy atom. The second-order valence-electron chi connectivity index (χ2n) is 9.57. The molecule has 0 amide bonds. The second kappa shape index (κ2) is 12.2. The van der Waals surface area contributed by atoms with Crippen LogP contribution in [0, 0.1) is 6.92 Å². The van der Waals surface area contributed by atoms with Gasteiger partial charge in [-0.3, -0.25) is 14.3 Å². The van der Waals surface area contributed by atoms with Gasteiger partial charge in [-0.15, -0.1) is 0 Å². The third-order valence-corrected chi connectivity index (χ3v) is 7.05. The molecule has 5 heterocycles. The molecular weight excluding hydrogens is 510 g/mol. The number of rotatable bonds is 12. The highest BCUT2D eigenvalue weighted by Crippen LogP contribution is 2.41. The molecule has 0 spiro atoms. The van der Waals surface area contributed by atoms with Crippen LogP contribution in [0.3, 0.4) is 0 Å². The molecule has 3 aromatic rings. The summed E-state index contributed by atoms with van der Waals surface area (Å²) in [5.74, 6) is 1.49. The molecule has 39 heavy (non-hydrogen) atoms. The Morgan fingerprint density at radius 1 is 1.23 bits per heavy atom. The second-order valence-corrected chi connectivity index (χ2v) is 9.57. The number of nitrogens with zero attached hydrogens (tertiary/aromatic N) is 7. The first kappa shape index (κ1) is 27.2. The Morgan fingerprint density at radius 3 is 2.72 bits per heavy atom. The van der Waals surface area contributed by atoms with Gasteiger partial charge in [0.05, 0.1) is 19.5 Å². The lowest BCUT2D eigenvalue weighted by molar-refractivity contribution is -0.140. The van der Waals surface area contributed by atoms with E-state index < -0.39 is 24.5 Å². The molecule has 0 radical (unpaired) electrons. The van der Waals surface area contributed by atoms with Gasteiger partial charge in [-0.1, -0.05) is 19.0 Å². The van der Waals surface area contributed by atoms with Gasteiger partial charge in [0.2, 0.25) is 5.95 Å². The standard InChI is InChI=1S/C24H35N9O6/c1-4-15(5-2)28-20-16-21(30-24(29-20)25-6-7-32-8-10-36-11-9-32)33(12-26-16)23-17(35)18(37-13-34)19(38-23)22-27-14(3)31-39-22/h12-13,15,17-19,23,35H,4-11H2,1-3H3,(H2,25,28,29,30)/t17-,18+,19+,23-/m1/s1. The Kier molecular flexibility index (Phi) is 8.50. The number of anilines is 2. The van der Waals surface area contributed by atoms with E-state index in [1.165, 1.54) is 6.33 Å². The van der Waals surface area contributed by atoms with Crippen molar-refractivity contribution in [2.45, 2.75) is 64.2 Å². The number of aryl methyl sites for hydroxylation is 1. The van der Waals surface area contributed by atoms with E-state index in [0.29, 0.717) is 35.3 Å². The fraction of sp³-hybridized carbons (Fsp3) is 0.667. The van der Waals surface area contributed by atoms with Gasteiger partial charge in [0.25, 0.3) is 12.4 Å². The summed E-state index contributed by atoms with van der Waals surface area (Å²) in [6.45, 7) is 10.8. The summed E-state index contributed by atoms with van der Waals surface area (Å²) < 4.78 is 23.6. The van der Waals surface area contributed by atoms with Gasteiger partial charge < -0.3 is 34.5 Å². The summed E-state index contributed by atoms with van der Waals surface area (Å²) in [5, 5.41) is 21.8. The number of aliphatic hydroxyl groups is 1. The molecule has 2 saturated heterocycles. The van der Waals surface area contributed by atoms with Crippen molar-refractivity contribution >= 4 is 29.4 Å². The first-order chi connectivity index (χ1) is 19.0. The van der Waals surface area contributed by atoms with Crippen LogP contribution in [-0.4, -0.2) is 104 Å². The van der Waals surface area contributed by atoms with Crippen LogP contribution in [0.25, 0.3) is 11.2 Å². The molecule has 0 bridgehead atoms. The fourth-order valence-corrected chi connectivity index (χ4v) is 4.84. The molecule has 4 atom stereocenters. The van der Waals surface area contributed by atoms with E-state index in [-0.39, 0.29) is 18.4 Å². The third-order valence-electron chi connectivity index (χ3n) is 7.05. The smallest absolute Gasteiger partial charge is 0.293 e. The number of nitrogens with one attached hydrogen (secondary N) is 2. The molecule has 2 fully saturated rings. The van der Waals surface area contributed by atoms with E-state index in [0.717, 1.165) is 45.7 Å². The van der Waals surface area contributed by atoms with Crippen LogP contribution in [0.1, 0.15) is 50.7 Å². The fourth-order valence-electron chi connectivity index (χ4n) is 4.84. The monoisotopic (exact) mass is 545 g/mol. The minimum absolute atomic E-state index is 0.0986. The Bertz CT molecular complexity index is 1240. The van der Waals surface area contributed by atoms with Crippen LogP contribution in [-0.2, 0) is 19.0 Å². The number of morpholine rings is 1. The molecule has 0 aromatic carbocycles. The Balaban J connectivity index is 1.45. The maximum absolute atomic E-state index is 11.2. The first-order valence-corrected chi connectivity index (χ1v) is 13.3. The first-order valence-electron chi connectivity index (χ1n) is 13.3.